The van der Waals surface area contributed by atoms with Gasteiger partial charge in [-0.05, 0) is 44.6 Å². The van der Waals surface area contributed by atoms with E-state index >= 15 is 0 Å². The topological polar surface area (TPSA) is 41.6 Å². The van der Waals surface area contributed by atoms with Crippen molar-refractivity contribution < 1.29 is 0 Å². The number of pyridine rings is 1. The van der Waals surface area contributed by atoms with Gasteiger partial charge in [0.05, 0.1) is 5.39 Å². The molecular weight excluding hydrogens is 321 g/mol. The zero-order valence-corrected chi connectivity index (χ0v) is 9.05. The van der Waals surface area contributed by atoms with E-state index in [2.05, 4.69) is 53.7 Å². The van der Waals surface area contributed by atoms with Crippen LogP contribution in [0.15, 0.2) is 16.7 Å². The van der Waals surface area contributed by atoms with Crippen LogP contribution in [-0.4, -0.2) is 15.2 Å². The van der Waals surface area contributed by atoms with Crippen molar-refractivity contribution in [3.05, 3.63) is 20.4 Å². The molecule has 2 aromatic heterocycles. The van der Waals surface area contributed by atoms with Gasteiger partial charge in [-0.1, -0.05) is 0 Å². The molecule has 0 saturated heterocycles. The fraction of sp³-hybridized carbons (Fsp3) is 0. The fourth-order valence-corrected chi connectivity index (χ4v) is 2.39. The summed E-state index contributed by atoms with van der Waals surface area (Å²) in [5.41, 5.74) is 0.753. The van der Waals surface area contributed by atoms with Gasteiger partial charge in [-0.2, -0.15) is 5.10 Å². The molecule has 0 radical (unpaired) electrons. The molecule has 2 aromatic rings. The van der Waals surface area contributed by atoms with Crippen LogP contribution in [-0.2, 0) is 0 Å². The minimum Gasteiger partial charge on any atom is -0.269 e. The minimum atomic E-state index is 0.753. The zero-order valence-electron chi connectivity index (χ0n) is 5.31. The van der Waals surface area contributed by atoms with Crippen molar-refractivity contribution in [2.75, 3.05) is 0 Å². The lowest BCUT2D eigenvalue weighted by Crippen LogP contribution is -1.75. The molecule has 0 unspecified atom stereocenters. The minimum absolute atomic E-state index is 0.753. The number of fused-ring (bicyclic) bond motifs is 1. The molecule has 0 atom stereocenters. The van der Waals surface area contributed by atoms with Crippen molar-refractivity contribution in [3.8, 4) is 0 Å². The summed E-state index contributed by atoms with van der Waals surface area (Å²) in [4.78, 5) is 4.09. The SMILES string of the molecule is Brc1ccnc2n[nH]c(I)c12. The van der Waals surface area contributed by atoms with Crippen molar-refractivity contribution in [2.45, 2.75) is 0 Å². The van der Waals surface area contributed by atoms with Crippen molar-refractivity contribution >= 4 is 49.6 Å². The molecule has 0 spiro atoms. The third-order valence-corrected chi connectivity index (χ3v) is 2.80. The summed E-state index contributed by atoms with van der Waals surface area (Å²) in [5, 5.41) is 7.92. The number of rotatable bonds is 0. The molecule has 0 saturated carbocycles. The van der Waals surface area contributed by atoms with E-state index in [1.165, 1.54) is 0 Å². The molecule has 0 aliphatic rings. The van der Waals surface area contributed by atoms with Gasteiger partial charge in [0.25, 0.3) is 0 Å². The molecular formula is C6H3BrIN3. The quantitative estimate of drug-likeness (QED) is 0.756. The molecule has 11 heavy (non-hydrogen) atoms. The number of aromatic amines is 1. The lowest BCUT2D eigenvalue weighted by Gasteiger charge is -1.89. The maximum absolute atomic E-state index is 4.09. The highest BCUT2D eigenvalue weighted by Crippen LogP contribution is 2.24. The summed E-state index contributed by atoms with van der Waals surface area (Å²) >= 11 is 5.61. The smallest absolute Gasteiger partial charge is 0.183 e. The summed E-state index contributed by atoms with van der Waals surface area (Å²) in [7, 11) is 0. The Labute approximate surface area is 84.9 Å². The van der Waals surface area contributed by atoms with Gasteiger partial charge in [0, 0.05) is 10.7 Å². The summed E-state index contributed by atoms with van der Waals surface area (Å²) in [6.07, 6.45) is 1.73. The normalized spacial score (nSPS) is 10.7. The molecule has 0 bridgehead atoms. The van der Waals surface area contributed by atoms with Crippen LogP contribution in [0.3, 0.4) is 0 Å². The summed E-state index contributed by atoms with van der Waals surface area (Å²) in [5.74, 6) is 0. The van der Waals surface area contributed by atoms with E-state index in [9.17, 15) is 0 Å². The van der Waals surface area contributed by atoms with Crippen LogP contribution in [0.4, 0.5) is 0 Å². The Hall–Kier alpha value is -0.170. The zero-order chi connectivity index (χ0) is 7.84. The Kier molecular flexibility index (Phi) is 1.84. The van der Waals surface area contributed by atoms with Crippen LogP contribution in [0.25, 0.3) is 11.0 Å². The van der Waals surface area contributed by atoms with E-state index in [0.717, 1.165) is 19.2 Å². The molecule has 0 aromatic carbocycles. The van der Waals surface area contributed by atoms with E-state index in [1.807, 2.05) is 6.07 Å². The highest BCUT2D eigenvalue weighted by atomic mass is 127. The van der Waals surface area contributed by atoms with Gasteiger partial charge in [-0.3, -0.25) is 5.10 Å². The lowest BCUT2D eigenvalue weighted by atomic mass is 10.4. The van der Waals surface area contributed by atoms with E-state index in [4.69, 9.17) is 0 Å². The van der Waals surface area contributed by atoms with Gasteiger partial charge in [-0.25, -0.2) is 4.98 Å². The maximum Gasteiger partial charge on any atom is 0.183 e. The van der Waals surface area contributed by atoms with Gasteiger partial charge in [0.1, 0.15) is 3.70 Å². The number of hydrogen-bond donors (Lipinski definition) is 1. The molecule has 5 heteroatoms. The van der Waals surface area contributed by atoms with Crippen LogP contribution >= 0.6 is 38.5 Å². The van der Waals surface area contributed by atoms with Crippen LogP contribution in [0.1, 0.15) is 0 Å². The second kappa shape index (κ2) is 2.71. The standard InChI is InChI=1S/C6H3BrIN3/c7-3-1-2-9-6-4(3)5(8)10-11-6/h1-2H,(H,9,10,11). The van der Waals surface area contributed by atoms with Crippen LogP contribution in [0, 0.1) is 3.70 Å². The van der Waals surface area contributed by atoms with Crippen LogP contribution in [0.5, 0.6) is 0 Å². The highest BCUT2D eigenvalue weighted by molar-refractivity contribution is 14.1. The number of halogens is 2. The molecule has 0 fully saturated rings. The Morgan fingerprint density at radius 1 is 1.55 bits per heavy atom. The molecule has 0 aliphatic carbocycles. The summed E-state index contributed by atoms with van der Waals surface area (Å²) < 4.78 is 2.04. The molecule has 0 aliphatic heterocycles. The number of aromatic nitrogens is 3. The number of H-pyrrole nitrogens is 1. The van der Waals surface area contributed by atoms with Gasteiger partial charge >= 0.3 is 0 Å². The number of nitrogens with one attached hydrogen (secondary N) is 1. The van der Waals surface area contributed by atoms with E-state index in [0.29, 0.717) is 0 Å². The maximum atomic E-state index is 4.09. The lowest BCUT2D eigenvalue weighted by molar-refractivity contribution is 1.08. The Bertz CT molecular complexity index is 398. The number of hydrogen-bond acceptors (Lipinski definition) is 2. The Balaban J connectivity index is 2.96. The second-order valence-electron chi connectivity index (χ2n) is 2.03. The van der Waals surface area contributed by atoms with Crippen molar-refractivity contribution in [1.29, 1.82) is 0 Å². The first-order valence-corrected chi connectivity index (χ1v) is 4.80. The first-order chi connectivity index (χ1) is 5.29. The highest BCUT2D eigenvalue weighted by Gasteiger charge is 2.05. The predicted molar refractivity (Wildman–Crippen MR) is 54.3 cm³/mol. The largest absolute Gasteiger partial charge is 0.269 e. The molecule has 2 rings (SSSR count). The van der Waals surface area contributed by atoms with E-state index in [1.54, 1.807) is 6.20 Å². The molecule has 3 nitrogen and oxygen atoms in total. The molecule has 0 amide bonds. The van der Waals surface area contributed by atoms with Gasteiger partial charge in [-0.15, -0.1) is 0 Å². The average Bonchev–Trinajstić information content (AvgIpc) is 2.34. The van der Waals surface area contributed by atoms with Crippen molar-refractivity contribution in [2.24, 2.45) is 0 Å². The third-order valence-electron chi connectivity index (χ3n) is 1.36. The van der Waals surface area contributed by atoms with Crippen LogP contribution in [0.2, 0.25) is 0 Å². The molecule has 2 heterocycles. The van der Waals surface area contributed by atoms with E-state index in [-0.39, 0.29) is 0 Å². The Morgan fingerprint density at radius 3 is 3.09 bits per heavy atom. The monoisotopic (exact) mass is 323 g/mol. The second-order valence-corrected chi connectivity index (χ2v) is 3.96. The van der Waals surface area contributed by atoms with Crippen molar-refractivity contribution in [3.63, 3.8) is 0 Å². The van der Waals surface area contributed by atoms with Gasteiger partial charge < -0.3 is 0 Å². The first-order valence-electron chi connectivity index (χ1n) is 2.93. The average molecular weight is 324 g/mol. The van der Waals surface area contributed by atoms with E-state index < -0.39 is 0 Å². The first kappa shape index (κ1) is 7.48. The van der Waals surface area contributed by atoms with Gasteiger partial charge in [0.15, 0.2) is 5.65 Å². The summed E-state index contributed by atoms with van der Waals surface area (Å²) in [6, 6.07) is 1.90. The molecule has 1 N–H and O–H groups in total. The van der Waals surface area contributed by atoms with Gasteiger partial charge in [0.2, 0.25) is 0 Å². The summed E-state index contributed by atoms with van der Waals surface area (Å²) in [6.45, 7) is 0. The van der Waals surface area contributed by atoms with Crippen molar-refractivity contribution in [1.82, 2.24) is 15.2 Å². The number of nitrogens with zero attached hydrogens (tertiary/aromatic N) is 2. The fourth-order valence-electron chi connectivity index (χ4n) is 0.874. The molecule has 56 valence electrons. The van der Waals surface area contributed by atoms with Crippen LogP contribution < -0.4 is 0 Å². The third kappa shape index (κ3) is 1.16. The Morgan fingerprint density at radius 2 is 2.36 bits per heavy atom. The predicted octanol–water partition coefficient (Wildman–Crippen LogP) is 2.32.